The SMILES string of the molecule is COc1ccccc1-n1cc(C=O)nn1. The molecule has 0 N–H and O–H groups in total. The van der Waals surface area contributed by atoms with Crippen molar-refractivity contribution in [1.82, 2.24) is 15.0 Å². The lowest BCUT2D eigenvalue weighted by Gasteiger charge is -2.06. The standard InChI is InChI=1S/C10H9N3O2/c1-15-10-5-3-2-4-9(10)13-6-8(7-14)11-12-13/h2-7H,1H3. The lowest BCUT2D eigenvalue weighted by atomic mass is 10.3. The van der Waals surface area contributed by atoms with Crippen molar-refractivity contribution < 1.29 is 9.53 Å². The molecule has 0 aliphatic heterocycles. The van der Waals surface area contributed by atoms with Crippen LogP contribution in [0, 0.1) is 0 Å². The summed E-state index contributed by atoms with van der Waals surface area (Å²) in [6, 6.07) is 7.37. The molecular weight excluding hydrogens is 194 g/mol. The summed E-state index contributed by atoms with van der Waals surface area (Å²) in [5, 5.41) is 7.50. The molecule has 0 aliphatic carbocycles. The number of benzene rings is 1. The monoisotopic (exact) mass is 203 g/mol. The first kappa shape index (κ1) is 9.39. The Morgan fingerprint density at radius 2 is 2.20 bits per heavy atom. The number of aldehydes is 1. The summed E-state index contributed by atoms with van der Waals surface area (Å²) in [6.07, 6.45) is 2.20. The van der Waals surface area contributed by atoms with Crippen LogP contribution in [0.1, 0.15) is 10.5 Å². The van der Waals surface area contributed by atoms with Crippen LogP contribution in [0.3, 0.4) is 0 Å². The van der Waals surface area contributed by atoms with E-state index in [1.165, 1.54) is 4.68 Å². The molecule has 1 aromatic heterocycles. The van der Waals surface area contributed by atoms with Gasteiger partial charge in [-0.05, 0) is 12.1 Å². The minimum atomic E-state index is 0.293. The van der Waals surface area contributed by atoms with Crippen LogP contribution in [0.5, 0.6) is 5.75 Å². The predicted octanol–water partition coefficient (Wildman–Crippen LogP) is 1.09. The summed E-state index contributed by atoms with van der Waals surface area (Å²) in [5.74, 6) is 0.680. The molecule has 0 atom stereocenters. The van der Waals surface area contributed by atoms with Crippen molar-refractivity contribution in [3.63, 3.8) is 0 Å². The van der Waals surface area contributed by atoms with E-state index in [9.17, 15) is 4.79 Å². The zero-order chi connectivity index (χ0) is 10.7. The van der Waals surface area contributed by atoms with Gasteiger partial charge >= 0.3 is 0 Å². The van der Waals surface area contributed by atoms with Gasteiger partial charge in [0.2, 0.25) is 0 Å². The van der Waals surface area contributed by atoms with E-state index in [0.717, 1.165) is 5.69 Å². The Kier molecular flexibility index (Phi) is 2.45. The fourth-order valence-electron chi connectivity index (χ4n) is 1.27. The molecule has 2 aromatic rings. The highest BCUT2D eigenvalue weighted by atomic mass is 16.5. The Balaban J connectivity index is 2.48. The van der Waals surface area contributed by atoms with Crippen molar-refractivity contribution >= 4 is 6.29 Å². The van der Waals surface area contributed by atoms with Crippen molar-refractivity contribution in [2.75, 3.05) is 7.11 Å². The van der Waals surface area contributed by atoms with Gasteiger partial charge in [-0.3, -0.25) is 4.79 Å². The number of para-hydroxylation sites is 2. The largest absolute Gasteiger partial charge is 0.494 e. The molecule has 0 aliphatic rings. The maximum Gasteiger partial charge on any atom is 0.171 e. The molecule has 0 radical (unpaired) electrons. The van der Waals surface area contributed by atoms with Gasteiger partial charge in [-0.25, -0.2) is 4.68 Å². The van der Waals surface area contributed by atoms with E-state index >= 15 is 0 Å². The number of methoxy groups -OCH3 is 1. The fraction of sp³-hybridized carbons (Fsp3) is 0.100. The van der Waals surface area contributed by atoms with Crippen LogP contribution < -0.4 is 4.74 Å². The van der Waals surface area contributed by atoms with Gasteiger partial charge in [0.05, 0.1) is 13.3 Å². The zero-order valence-corrected chi connectivity index (χ0v) is 8.12. The third-order valence-electron chi connectivity index (χ3n) is 1.96. The molecule has 0 unspecified atom stereocenters. The first-order chi connectivity index (χ1) is 7.35. The second-order valence-corrected chi connectivity index (χ2v) is 2.88. The van der Waals surface area contributed by atoms with Crippen LogP contribution in [0.15, 0.2) is 30.5 Å². The second kappa shape index (κ2) is 3.91. The van der Waals surface area contributed by atoms with Gasteiger partial charge in [0.25, 0.3) is 0 Å². The van der Waals surface area contributed by atoms with Crippen LogP contribution in [-0.2, 0) is 0 Å². The fourth-order valence-corrected chi connectivity index (χ4v) is 1.27. The molecule has 2 rings (SSSR count). The van der Waals surface area contributed by atoms with E-state index in [1.807, 2.05) is 24.3 Å². The highest BCUT2D eigenvalue weighted by molar-refractivity contribution is 5.71. The van der Waals surface area contributed by atoms with Crippen molar-refractivity contribution in [3.8, 4) is 11.4 Å². The molecule has 0 saturated heterocycles. The number of carbonyl (C=O) groups is 1. The normalized spacial score (nSPS) is 9.93. The topological polar surface area (TPSA) is 57.0 Å². The van der Waals surface area contributed by atoms with Gasteiger partial charge in [0.1, 0.15) is 17.1 Å². The third-order valence-corrected chi connectivity index (χ3v) is 1.96. The number of nitrogens with zero attached hydrogens (tertiary/aromatic N) is 3. The number of aromatic nitrogens is 3. The molecular formula is C10H9N3O2. The first-order valence-corrected chi connectivity index (χ1v) is 4.36. The molecule has 0 spiro atoms. The zero-order valence-electron chi connectivity index (χ0n) is 8.12. The summed E-state index contributed by atoms with van der Waals surface area (Å²) in [6.45, 7) is 0. The summed E-state index contributed by atoms with van der Waals surface area (Å²) in [4.78, 5) is 10.5. The van der Waals surface area contributed by atoms with Crippen LogP contribution in [0.25, 0.3) is 5.69 Å². The lowest BCUT2D eigenvalue weighted by Crippen LogP contribution is -1.98. The number of hydrogen-bond acceptors (Lipinski definition) is 4. The van der Waals surface area contributed by atoms with Gasteiger partial charge in [-0.15, -0.1) is 5.10 Å². The van der Waals surface area contributed by atoms with E-state index in [-0.39, 0.29) is 0 Å². The van der Waals surface area contributed by atoms with Crippen LogP contribution in [0.4, 0.5) is 0 Å². The van der Waals surface area contributed by atoms with Gasteiger partial charge in [0.15, 0.2) is 6.29 Å². The number of ether oxygens (including phenoxy) is 1. The quantitative estimate of drug-likeness (QED) is 0.700. The van der Waals surface area contributed by atoms with E-state index in [2.05, 4.69) is 10.3 Å². The first-order valence-electron chi connectivity index (χ1n) is 4.36. The Hall–Kier alpha value is -2.17. The smallest absolute Gasteiger partial charge is 0.171 e. The van der Waals surface area contributed by atoms with E-state index in [0.29, 0.717) is 17.7 Å². The minimum absolute atomic E-state index is 0.293. The van der Waals surface area contributed by atoms with Crippen LogP contribution in [-0.4, -0.2) is 28.4 Å². The van der Waals surface area contributed by atoms with Crippen molar-refractivity contribution in [1.29, 1.82) is 0 Å². The summed E-state index contributed by atoms with van der Waals surface area (Å²) >= 11 is 0. The summed E-state index contributed by atoms with van der Waals surface area (Å²) < 4.78 is 6.67. The van der Waals surface area contributed by atoms with E-state index < -0.39 is 0 Å². The van der Waals surface area contributed by atoms with Crippen LogP contribution >= 0.6 is 0 Å². The number of carbonyl (C=O) groups excluding carboxylic acids is 1. The van der Waals surface area contributed by atoms with Gasteiger partial charge < -0.3 is 4.74 Å². The number of rotatable bonds is 3. The van der Waals surface area contributed by atoms with Gasteiger partial charge in [-0.1, -0.05) is 17.3 Å². The van der Waals surface area contributed by atoms with Gasteiger partial charge in [0, 0.05) is 0 Å². The maximum absolute atomic E-state index is 10.5. The van der Waals surface area contributed by atoms with Crippen molar-refractivity contribution in [2.24, 2.45) is 0 Å². The summed E-state index contributed by atoms with van der Waals surface area (Å²) in [5.41, 5.74) is 1.04. The molecule has 0 amide bonds. The molecule has 1 heterocycles. The highest BCUT2D eigenvalue weighted by Gasteiger charge is 2.06. The van der Waals surface area contributed by atoms with E-state index in [4.69, 9.17) is 4.74 Å². The molecule has 76 valence electrons. The molecule has 5 nitrogen and oxygen atoms in total. The average molecular weight is 203 g/mol. The Bertz CT molecular complexity index is 479. The summed E-state index contributed by atoms with van der Waals surface area (Å²) in [7, 11) is 1.58. The van der Waals surface area contributed by atoms with E-state index in [1.54, 1.807) is 13.3 Å². The number of hydrogen-bond donors (Lipinski definition) is 0. The molecule has 15 heavy (non-hydrogen) atoms. The predicted molar refractivity (Wildman–Crippen MR) is 53.3 cm³/mol. The van der Waals surface area contributed by atoms with Crippen molar-refractivity contribution in [2.45, 2.75) is 0 Å². The Morgan fingerprint density at radius 1 is 1.40 bits per heavy atom. The Labute approximate surface area is 86.3 Å². The average Bonchev–Trinajstić information content (AvgIpc) is 2.77. The lowest BCUT2D eigenvalue weighted by molar-refractivity contribution is 0.111. The second-order valence-electron chi connectivity index (χ2n) is 2.88. The molecule has 5 heteroatoms. The molecule has 1 aromatic carbocycles. The van der Waals surface area contributed by atoms with Crippen molar-refractivity contribution in [3.05, 3.63) is 36.2 Å². The molecule has 0 saturated carbocycles. The minimum Gasteiger partial charge on any atom is -0.494 e. The highest BCUT2D eigenvalue weighted by Crippen LogP contribution is 2.20. The van der Waals surface area contributed by atoms with Gasteiger partial charge in [-0.2, -0.15) is 0 Å². The Morgan fingerprint density at radius 3 is 2.87 bits per heavy atom. The molecule has 0 bridgehead atoms. The van der Waals surface area contributed by atoms with Crippen LogP contribution in [0.2, 0.25) is 0 Å². The third kappa shape index (κ3) is 1.71. The molecule has 0 fully saturated rings. The maximum atomic E-state index is 10.5.